The predicted molar refractivity (Wildman–Crippen MR) is 105 cm³/mol. The number of ether oxygens (including phenoxy) is 1. The van der Waals surface area contributed by atoms with E-state index in [-0.39, 0.29) is 18.6 Å². The highest BCUT2D eigenvalue weighted by atomic mass is 19.1. The number of Topliss-reactive ketones (excluding diaryl/α,β-unsaturated/α-hetero) is 1. The van der Waals surface area contributed by atoms with E-state index < -0.39 is 57.8 Å². The molecule has 7 nitrogen and oxygen atoms in total. The lowest BCUT2D eigenvalue weighted by Crippen LogP contribution is -2.69. The Labute approximate surface area is 179 Å². The van der Waals surface area contributed by atoms with E-state index in [1.165, 1.54) is 18.2 Å². The van der Waals surface area contributed by atoms with Gasteiger partial charge in [-0.1, -0.05) is 18.6 Å². The summed E-state index contributed by atoms with van der Waals surface area (Å²) in [5, 5.41) is 20.7. The Morgan fingerprint density at radius 3 is 2.48 bits per heavy atom. The zero-order chi connectivity index (χ0) is 23.0. The molecule has 0 amide bonds. The average molecular weight is 434 g/mol. The minimum Gasteiger partial charge on any atom is -0.475 e. The number of hydrogen-bond donors (Lipinski definition) is 2. The van der Waals surface area contributed by atoms with E-state index in [1.54, 1.807) is 13.8 Å². The van der Waals surface area contributed by atoms with Crippen molar-refractivity contribution < 1.29 is 38.5 Å². The largest absolute Gasteiger partial charge is 0.475 e. The summed E-state index contributed by atoms with van der Waals surface area (Å²) < 4.78 is 22.4. The van der Waals surface area contributed by atoms with E-state index in [1.807, 2.05) is 0 Å². The summed E-state index contributed by atoms with van der Waals surface area (Å²) in [5.74, 6) is -5.14. The number of esters is 1. The van der Waals surface area contributed by atoms with Gasteiger partial charge < -0.3 is 14.9 Å². The van der Waals surface area contributed by atoms with Gasteiger partial charge in [-0.25, -0.2) is 9.18 Å². The number of fused-ring (bicyclic) bond motifs is 5. The van der Waals surface area contributed by atoms with E-state index in [9.17, 15) is 29.4 Å². The SMILES string of the molecule is CC(=O)O[C@]1(C(=O)C(=O)O)CC[C@H]2[C@@H]3CCC4=CC(=O)C=C[C@]4(C)[C@@]3(F)C(O)C[C@@]21C. The maximum atomic E-state index is 17.0. The van der Waals surface area contributed by atoms with Crippen LogP contribution in [0.5, 0.6) is 0 Å². The molecule has 0 bridgehead atoms. The summed E-state index contributed by atoms with van der Waals surface area (Å²) in [7, 11) is 0. The second-order valence-corrected chi connectivity index (χ2v) is 9.86. The maximum absolute atomic E-state index is 17.0. The molecule has 0 aliphatic heterocycles. The van der Waals surface area contributed by atoms with Gasteiger partial charge in [-0.2, -0.15) is 0 Å². The van der Waals surface area contributed by atoms with Gasteiger partial charge in [-0.15, -0.1) is 0 Å². The van der Waals surface area contributed by atoms with Crippen molar-refractivity contribution in [3.63, 3.8) is 0 Å². The van der Waals surface area contributed by atoms with Crippen molar-refractivity contribution >= 4 is 23.5 Å². The first-order valence-electron chi connectivity index (χ1n) is 10.6. The van der Waals surface area contributed by atoms with Crippen molar-refractivity contribution in [1.82, 2.24) is 0 Å². The van der Waals surface area contributed by atoms with Gasteiger partial charge in [0.1, 0.15) is 0 Å². The van der Waals surface area contributed by atoms with Crippen LogP contribution in [0.25, 0.3) is 0 Å². The van der Waals surface area contributed by atoms with E-state index >= 15 is 4.39 Å². The third kappa shape index (κ3) is 2.54. The molecule has 0 aromatic carbocycles. The molecule has 0 heterocycles. The van der Waals surface area contributed by atoms with Crippen LogP contribution in [0, 0.1) is 22.7 Å². The lowest BCUT2D eigenvalue weighted by Gasteiger charge is -2.62. The molecule has 0 spiro atoms. The van der Waals surface area contributed by atoms with Gasteiger partial charge >= 0.3 is 11.9 Å². The topological polar surface area (TPSA) is 118 Å². The van der Waals surface area contributed by atoms with Crippen LogP contribution in [0.4, 0.5) is 4.39 Å². The number of aliphatic hydroxyl groups excluding tert-OH is 1. The Bertz CT molecular complexity index is 954. The summed E-state index contributed by atoms with van der Waals surface area (Å²) in [6.07, 6.45) is 3.56. The second kappa shape index (κ2) is 6.58. The van der Waals surface area contributed by atoms with E-state index in [0.717, 1.165) is 6.92 Å². The molecule has 3 saturated carbocycles. The molecule has 4 aliphatic carbocycles. The number of allylic oxidation sites excluding steroid dienone is 4. The fourth-order valence-electron chi connectivity index (χ4n) is 7.20. The van der Waals surface area contributed by atoms with Crippen LogP contribution in [0.1, 0.15) is 52.9 Å². The Morgan fingerprint density at radius 2 is 1.87 bits per heavy atom. The summed E-state index contributed by atoms with van der Waals surface area (Å²) in [5.41, 5.74) is -5.84. The molecule has 1 unspecified atom stereocenters. The lowest BCUT2D eigenvalue weighted by molar-refractivity contribution is -0.224. The first kappa shape index (κ1) is 21.9. The summed E-state index contributed by atoms with van der Waals surface area (Å²) in [4.78, 5) is 48.3. The number of aliphatic hydroxyl groups is 1. The van der Waals surface area contributed by atoms with E-state index in [2.05, 4.69) is 0 Å². The normalized spacial score (nSPS) is 45.8. The molecule has 31 heavy (non-hydrogen) atoms. The highest BCUT2D eigenvalue weighted by Crippen LogP contribution is 2.70. The highest BCUT2D eigenvalue weighted by molar-refractivity contribution is 6.36. The molecule has 2 N–H and O–H groups in total. The number of aliphatic carboxylic acids is 1. The molecule has 168 valence electrons. The predicted octanol–water partition coefficient (Wildman–Crippen LogP) is 2.31. The monoisotopic (exact) mass is 434 g/mol. The van der Waals surface area contributed by atoms with Crippen molar-refractivity contribution in [3.8, 4) is 0 Å². The molecule has 4 aliphatic rings. The quantitative estimate of drug-likeness (QED) is 0.517. The van der Waals surface area contributed by atoms with Crippen LogP contribution in [0.15, 0.2) is 23.8 Å². The number of halogens is 1. The van der Waals surface area contributed by atoms with Crippen LogP contribution >= 0.6 is 0 Å². The molecule has 0 aromatic heterocycles. The fourth-order valence-corrected chi connectivity index (χ4v) is 7.20. The fraction of sp³-hybridized carbons (Fsp3) is 0.652. The van der Waals surface area contributed by atoms with Crippen molar-refractivity contribution in [2.24, 2.45) is 22.7 Å². The van der Waals surface area contributed by atoms with Crippen LogP contribution in [0.3, 0.4) is 0 Å². The molecule has 8 heteroatoms. The molecule has 3 fully saturated rings. The molecule has 4 rings (SSSR count). The Kier molecular flexibility index (Phi) is 4.64. The second-order valence-electron chi connectivity index (χ2n) is 9.86. The van der Waals surface area contributed by atoms with Crippen molar-refractivity contribution in [1.29, 1.82) is 0 Å². The van der Waals surface area contributed by atoms with Gasteiger partial charge in [0.2, 0.25) is 0 Å². The molecule has 0 radical (unpaired) electrons. The minimum atomic E-state index is -2.10. The van der Waals surface area contributed by atoms with Gasteiger partial charge in [0.25, 0.3) is 5.78 Å². The van der Waals surface area contributed by atoms with Gasteiger partial charge in [-0.05, 0) is 57.1 Å². The van der Waals surface area contributed by atoms with Gasteiger partial charge in [0.15, 0.2) is 17.1 Å². The third-order valence-electron chi connectivity index (χ3n) is 8.64. The van der Waals surface area contributed by atoms with Gasteiger partial charge in [0, 0.05) is 23.7 Å². The summed E-state index contributed by atoms with van der Waals surface area (Å²) in [6, 6.07) is 0. The average Bonchev–Trinajstić information content (AvgIpc) is 2.95. The van der Waals surface area contributed by atoms with Crippen LogP contribution in [-0.2, 0) is 23.9 Å². The Balaban J connectivity index is 1.84. The van der Waals surface area contributed by atoms with E-state index in [0.29, 0.717) is 24.8 Å². The number of hydrogen-bond acceptors (Lipinski definition) is 6. The molecular formula is C23H27FO7. The number of rotatable bonds is 3. The first-order valence-corrected chi connectivity index (χ1v) is 10.6. The first-order chi connectivity index (χ1) is 14.3. The molecule has 7 atom stereocenters. The zero-order valence-corrected chi connectivity index (χ0v) is 17.8. The number of carboxylic acids is 1. The number of carbonyl (C=O) groups excluding carboxylic acids is 3. The van der Waals surface area contributed by atoms with Crippen LogP contribution in [0.2, 0.25) is 0 Å². The number of ketones is 2. The van der Waals surface area contributed by atoms with Gasteiger partial charge in [0.05, 0.1) is 6.10 Å². The van der Waals surface area contributed by atoms with Crippen molar-refractivity contribution in [3.05, 3.63) is 23.8 Å². The standard InChI is InChI=1S/C23H27FO7/c1-12(25)31-22(18(28)19(29)30)9-7-15-16-5-4-13-10-14(26)6-8-20(13,2)23(16,24)17(27)11-21(15,22)3/h6,8,10,15-17,27H,4-5,7,9,11H2,1-3H3,(H,29,30)/t15-,16-,17?,20-,21-,22-,23-/m0/s1. The third-order valence-corrected chi connectivity index (χ3v) is 8.64. The van der Waals surface area contributed by atoms with E-state index in [4.69, 9.17) is 4.74 Å². The summed E-state index contributed by atoms with van der Waals surface area (Å²) in [6.45, 7) is 4.41. The number of carbonyl (C=O) groups is 4. The van der Waals surface area contributed by atoms with Gasteiger partial charge in [-0.3, -0.25) is 14.4 Å². The van der Waals surface area contributed by atoms with Crippen LogP contribution < -0.4 is 0 Å². The smallest absolute Gasteiger partial charge is 0.376 e. The van der Waals surface area contributed by atoms with Crippen molar-refractivity contribution in [2.75, 3.05) is 0 Å². The summed E-state index contributed by atoms with van der Waals surface area (Å²) >= 11 is 0. The number of carboxylic acid groups (broad SMARTS) is 1. The Morgan fingerprint density at radius 1 is 1.19 bits per heavy atom. The van der Waals surface area contributed by atoms with Crippen molar-refractivity contribution in [2.45, 2.75) is 70.2 Å². The Hall–Kier alpha value is -2.35. The minimum absolute atomic E-state index is 0.0358. The zero-order valence-electron chi connectivity index (χ0n) is 17.8. The van der Waals surface area contributed by atoms with Crippen LogP contribution in [-0.4, -0.2) is 51.1 Å². The highest BCUT2D eigenvalue weighted by Gasteiger charge is 2.76. The lowest BCUT2D eigenvalue weighted by atomic mass is 9.44. The maximum Gasteiger partial charge on any atom is 0.376 e. The molecule has 0 saturated heterocycles. The molecular weight excluding hydrogens is 407 g/mol. The number of alkyl halides is 1. The molecule has 0 aromatic rings.